The van der Waals surface area contributed by atoms with E-state index in [4.69, 9.17) is 4.98 Å². The van der Waals surface area contributed by atoms with Crippen LogP contribution in [0.1, 0.15) is 35.7 Å². The Morgan fingerprint density at radius 1 is 0.962 bits per heavy atom. The lowest BCUT2D eigenvalue weighted by Gasteiger charge is -2.12. The minimum atomic E-state index is 0. The lowest BCUT2D eigenvalue weighted by atomic mass is 10.0. The zero-order chi connectivity index (χ0) is 17.1. The lowest BCUT2D eigenvalue weighted by Crippen LogP contribution is -1.99. The van der Waals surface area contributed by atoms with E-state index in [1.54, 1.807) is 0 Å². The van der Waals surface area contributed by atoms with Gasteiger partial charge in [0.1, 0.15) is 0 Å². The summed E-state index contributed by atoms with van der Waals surface area (Å²) in [6, 6.07) is 15.9. The molecule has 1 aliphatic carbocycles. The van der Waals surface area contributed by atoms with E-state index in [1.165, 1.54) is 56.9 Å². The van der Waals surface area contributed by atoms with E-state index in [-0.39, 0.29) is 12.4 Å². The molecule has 2 aromatic carbocycles. The van der Waals surface area contributed by atoms with Crippen molar-refractivity contribution in [2.75, 3.05) is 0 Å². The van der Waals surface area contributed by atoms with Gasteiger partial charge < -0.3 is 4.57 Å². The molecule has 0 aliphatic heterocycles. The molecule has 0 saturated heterocycles. The summed E-state index contributed by atoms with van der Waals surface area (Å²) in [5, 5.41) is 3.94. The second-order valence-corrected chi connectivity index (χ2v) is 7.39. The fourth-order valence-corrected chi connectivity index (χ4v) is 4.17. The Bertz CT molecular complexity index is 1140. The molecule has 5 rings (SSSR count). The van der Waals surface area contributed by atoms with Gasteiger partial charge in [0.25, 0.3) is 0 Å². The van der Waals surface area contributed by atoms with Crippen LogP contribution in [0.15, 0.2) is 48.7 Å². The first-order chi connectivity index (χ1) is 12.1. The highest BCUT2D eigenvalue weighted by atomic mass is 35.5. The highest BCUT2D eigenvalue weighted by Crippen LogP contribution is 2.44. The average molecular weight is 363 g/mol. The summed E-state index contributed by atoms with van der Waals surface area (Å²) < 4.78 is 2.55. The standard InChI is InChI=1S/C23H22N2.ClH/c1-14-13-24-22(19-9-8-17-6-4-5-7-18(17)12-19)23-21(14)15(2)16(3)25(23)20-10-11-20;/h4-9,12-13,20H,10-11H2,1-3H3;1H. The Morgan fingerprint density at radius 2 is 1.69 bits per heavy atom. The number of halogens is 1. The molecule has 4 aromatic rings. The number of benzene rings is 2. The van der Waals surface area contributed by atoms with Crippen LogP contribution in [0.3, 0.4) is 0 Å². The van der Waals surface area contributed by atoms with Crippen molar-refractivity contribution in [3.8, 4) is 11.3 Å². The number of nitrogens with zero attached hydrogens (tertiary/aromatic N) is 2. The summed E-state index contributed by atoms with van der Waals surface area (Å²) in [5.41, 5.74) is 7.74. The highest BCUT2D eigenvalue weighted by Gasteiger charge is 2.29. The molecule has 2 aromatic heterocycles. The van der Waals surface area contributed by atoms with Crippen LogP contribution in [-0.2, 0) is 0 Å². The molecule has 0 spiro atoms. The summed E-state index contributed by atoms with van der Waals surface area (Å²) in [6.07, 6.45) is 4.61. The van der Waals surface area contributed by atoms with Crippen molar-refractivity contribution in [1.82, 2.24) is 9.55 Å². The Hall–Kier alpha value is -2.32. The maximum absolute atomic E-state index is 4.89. The van der Waals surface area contributed by atoms with E-state index in [1.807, 2.05) is 6.20 Å². The van der Waals surface area contributed by atoms with Gasteiger partial charge in [-0.15, -0.1) is 12.4 Å². The fraction of sp³-hybridized carbons (Fsp3) is 0.261. The van der Waals surface area contributed by atoms with Crippen LogP contribution >= 0.6 is 12.4 Å². The smallest absolute Gasteiger partial charge is 0.0945 e. The number of hydrogen-bond acceptors (Lipinski definition) is 1. The third-order valence-electron chi connectivity index (χ3n) is 5.70. The number of rotatable bonds is 2. The Kier molecular flexibility index (Phi) is 4.04. The van der Waals surface area contributed by atoms with Crippen LogP contribution in [0.4, 0.5) is 0 Å². The van der Waals surface area contributed by atoms with Gasteiger partial charge in [0.15, 0.2) is 0 Å². The molecule has 0 bridgehead atoms. The van der Waals surface area contributed by atoms with Gasteiger partial charge >= 0.3 is 0 Å². The molecule has 0 atom stereocenters. The maximum atomic E-state index is 4.89. The van der Waals surface area contributed by atoms with E-state index in [2.05, 4.69) is 67.8 Å². The Balaban J connectivity index is 0.00000168. The SMILES string of the molecule is Cc1cnc(-c2ccc3ccccc3c2)c2c1c(C)c(C)n2C1CC1.Cl. The largest absolute Gasteiger partial charge is 0.340 e. The number of aromatic nitrogens is 2. The third kappa shape index (κ3) is 2.44. The van der Waals surface area contributed by atoms with Crippen LogP contribution in [0.2, 0.25) is 0 Å². The zero-order valence-electron chi connectivity index (χ0n) is 15.4. The molecule has 2 nitrogen and oxygen atoms in total. The minimum absolute atomic E-state index is 0. The van der Waals surface area contributed by atoms with Crippen LogP contribution in [0.25, 0.3) is 32.9 Å². The van der Waals surface area contributed by atoms with Gasteiger partial charge in [0.05, 0.1) is 11.2 Å². The number of hydrogen-bond donors (Lipinski definition) is 0. The Labute approximate surface area is 160 Å². The molecule has 1 aliphatic rings. The van der Waals surface area contributed by atoms with E-state index in [9.17, 15) is 0 Å². The van der Waals surface area contributed by atoms with Gasteiger partial charge in [-0.25, -0.2) is 0 Å². The van der Waals surface area contributed by atoms with Crippen molar-refractivity contribution in [1.29, 1.82) is 0 Å². The van der Waals surface area contributed by atoms with E-state index in [0.29, 0.717) is 6.04 Å². The molecule has 0 unspecified atom stereocenters. The van der Waals surface area contributed by atoms with Gasteiger partial charge in [-0.3, -0.25) is 4.98 Å². The quantitative estimate of drug-likeness (QED) is 0.396. The fourth-order valence-electron chi connectivity index (χ4n) is 4.17. The predicted molar refractivity (Wildman–Crippen MR) is 112 cm³/mol. The van der Waals surface area contributed by atoms with Crippen LogP contribution in [-0.4, -0.2) is 9.55 Å². The molecule has 1 fully saturated rings. The molecule has 1 saturated carbocycles. The zero-order valence-corrected chi connectivity index (χ0v) is 16.2. The van der Waals surface area contributed by atoms with Gasteiger partial charge in [-0.1, -0.05) is 36.4 Å². The van der Waals surface area contributed by atoms with Crippen LogP contribution < -0.4 is 0 Å². The van der Waals surface area contributed by atoms with Gasteiger partial charge in [-0.2, -0.15) is 0 Å². The van der Waals surface area contributed by atoms with Crippen LogP contribution in [0.5, 0.6) is 0 Å². The minimum Gasteiger partial charge on any atom is -0.340 e. The molecule has 132 valence electrons. The monoisotopic (exact) mass is 362 g/mol. The summed E-state index contributed by atoms with van der Waals surface area (Å²) in [6.45, 7) is 6.70. The topological polar surface area (TPSA) is 17.8 Å². The van der Waals surface area contributed by atoms with Crippen molar-refractivity contribution in [2.45, 2.75) is 39.7 Å². The van der Waals surface area contributed by atoms with Crippen molar-refractivity contribution < 1.29 is 0 Å². The first-order valence-electron chi connectivity index (χ1n) is 9.11. The Morgan fingerprint density at radius 3 is 2.42 bits per heavy atom. The summed E-state index contributed by atoms with van der Waals surface area (Å²) in [5.74, 6) is 0. The molecule has 0 amide bonds. The van der Waals surface area contributed by atoms with Crippen molar-refractivity contribution >= 4 is 34.1 Å². The molecule has 26 heavy (non-hydrogen) atoms. The number of aryl methyl sites for hydroxylation is 2. The van der Waals surface area contributed by atoms with Gasteiger partial charge in [-0.05, 0) is 61.6 Å². The van der Waals surface area contributed by atoms with Gasteiger partial charge in [0, 0.05) is 28.9 Å². The molecule has 0 N–H and O–H groups in total. The maximum Gasteiger partial charge on any atom is 0.0945 e. The van der Waals surface area contributed by atoms with Crippen molar-refractivity contribution in [2.24, 2.45) is 0 Å². The van der Waals surface area contributed by atoms with E-state index >= 15 is 0 Å². The number of pyridine rings is 1. The first kappa shape index (κ1) is 17.1. The molecule has 0 radical (unpaired) electrons. The second-order valence-electron chi connectivity index (χ2n) is 7.39. The lowest BCUT2D eigenvalue weighted by molar-refractivity contribution is 0.745. The first-order valence-corrected chi connectivity index (χ1v) is 9.11. The predicted octanol–water partition coefficient (Wildman–Crippen LogP) is 6.54. The van der Waals surface area contributed by atoms with E-state index < -0.39 is 0 Å². The molecular weight excluding hydrogens is 340 g/mol. The summed E-state index contributed by atoms with van der Waals surface area (Å²) in [4.78, 5) is 4.89. The average Bonchev–Trinajstić information content (AvgIpc) is 3.42. The number of fused-ring (bicyclic) bond motifs is 2. The highest BCUT2D eigenvalue weighted by molar-refractivity contribution is 5.99. The molecule has 3 heteroatoms. The normalized spacial score (nSPS) is 14.0. The van der Waals surface area contributed by atoms with E-state index in [0.717, 1.165) is 5.69 Å². The second kappa shape index (κ2) is 6.14. The van der Waals surface area contributed by atoms with Crippen molar-refractivity contribution in [3.63, 3.8) is 0 Å². The van der Waals surface area contributed by atoms with Crippen LogP contribution in [0, 0.1) is 20.8 Å². The summed E-state index contributed by atoms with van der Waals surface area (Å²) in [7, 11) is 0. The summed E-state index contributed by atoms with van der Waals surface area (Å²) >= 11 is 0. The van der Waals surface area contributed by atoms with Crippen molar-refractivity contribution in [3.05, 3.63) is 65.5 Å². The third-order valence-corrected chi connectivity index (χ3v) is 5.70. The van der Waals surface area contributed by atoms with Gasteiger partial charge in [0.2, 0.25) is 0 Å². The molecular formula is C23H23ClN2. The molecule has 2 heterocycles.